The van der Waals surface area contributed by atoms with Gasteiger partial charge in [0.1, 0.15) is 17.9 Å². The second kappa shape index (κ2) is 8.15. The molecule has 2 aliphatic rings. The van der Waals surface area contributed by atoms with Crippen LogP contribution >= 0.6 is 0 Å². The van der Waals surface area contributed by atoms with Crippen molar-refractivity contribution in [2.45, 2.75) is 32.3 Å². The second-order valence-corrected chi connectivity index (χ2v) is 8.25. The van der Waals surface area contributed by atoms with E-state index in [1.54, 1.807) is 24.1 Å². The average molecular weight is 433 g/mol. The SMILES string of the molecule is COc1ccccc1N1C[C@@H](C(=O)OCc2cc(=O)oc3cc4c(cc23)CCC4)CC1=O. The summed E-state index contributed by atoms with van der Waals surface area (Å²) in [4.78, 5) is 38.9. The summed E-state index contributed by atoms with van der Waals surface area (Å²) in [7, 11) is 1.54. The lowest BCUT2D eigenvalue weighted by Gasteiger charge is -2.19. The number of ether oxygens (including phenoxy) is 2. The maximum Gasteiger partial charge on any atom is 0.336 e. The zero-order chi connectivity index (χ0) is 22.2. The van der Waals surface area contributed by atoms with Gasteiger partial charge in [-0.15, -0.1) is 0 Å². The first-order valence-electron chi connectivity index (χ1n) is 10.7. The maximum absolute atomic E-state index is 12.8. The molecule has 1 atom stereocenters. The number of para-hydroxylation sites is 2. The van der Waals surface area contributed by atoms with Crippen LogP contribution in [0.1, 0.15) is 29.5 Å². The molecule has 164 valence electrons. The Bertz CT molecular complexity index is 1280. The molecule has 0 unspecified atom stereocenters. The Labute approximate surface area is 184 Å². The highest BCUT2D eigenvalue weighted by molar-refractivity contribution is 6.00. The van der Waals surface area contributed by atoms with E-state index in [1.807, 2.05) is 24.3 Å². The minimum atomic E-state index is -0.581. The number of methoxy groups -OCH3 is 1. The van der Waals surface area contributed by atoms with Gasteiger partial charge < -0.3 is 18.8 Å². The van der Waals surface area contributed by atoms with Crippen molar-refractivity contribution in [1.82, 2.24) is 0 Å². The van der Waals surface area contributed by atoms with Crippen LogP contribution in [0.15, 0.2) is 51.7 Å². The van der Waals surface area contributed by atoms with Crippen LogP contribution in [-0.2, 0) is 33.8 Å². The van der Waals surface area contributed by atoms with Gasteiger partial charge in [0.25, 0.3) is 0 Å². The molecule has 1 aliphatic carbocycles. The molecule has 0 N–H and O–H groups in total. The molecule has 7 nitrogen and oxygen atoms in total. The van der Waals surface area contributed by atoms with E-state index in [-0.39, 0.29) is 25.5 Å². The lowest BCUT2D eigenvalue weighted by atomic mass is 10.0. The van der Waals surface area contributed by atoms with Crippen LogP contribution in [0.2, 0.25) is 0 Å². The molecule has 1 aliphatic heterocycles. The third kappa shape index (κ3) is 3.64. The van der Waals surface area contributed by atoms with Crippen molar-refractivity contribution in [1.29, 1.82) is 0 Å². The molecule has 7 heteroatoms. The average Bonchev–Trinajstić information content (AvgIpc) is 3.41. The van der Waals surface area contributed by atoms with E-state index in [0.29, 0.717) is 22.6 Å². The van der Waals surface area contributed by atoms with Crippen molar-refractivity contribution >= 4 is 28.5 Å². The monoisotopic (exact) mass is 433 g/mol. The van der Waals surface area contributed by atoms with Crippen molar-refractivity contribution in [2.75, 3.05) is 18.6 Å². The standard InChI is InChI=1S/C25H23NO6/c1-30-21-8-3-2-7-20(21)26-13-17(11-23(26)27)25(29)31-14-18-12-24(28)32-22-10-16-6-4-5-15(16)9-19(18)22/h2-3,7-10,12,17H,4-6,11,13-14H2,1H3/t17-/m0/s1. The molecule has 1 fully saturated rings. The van der Waals surface area contributed by atoms with Crippen LogP contribution in [0.3, 0.4) is 0 Å². The molecule has 2 heterocycles. The predicted molar refractivity (Wildman–Crippen MR) is 118 cm³/mol. The van der Waals surface area contributed by atoms with Gasteiger partial charge in [0, 0.05) is 30.0 Å². The molecular formula is C25H23NO6. The fourth-order valence-corrected chi connectivity index (χ4v) is 4.63. The number of fused-ring (bicyclic) bond motifs is 2. The third-order valence-corrected chi connectivity index (χ3v) is 6.25. The molecule has 5 rings (SSSR count). The lowest BCUT2D eigenvalue weighted by Crippen LogP contribution is -2.26. The molecule has 1 amide bonds. The number of esters is 1. The van der Waals surface area contributed by atoms with E-state index in [9.17, 15) is 14.4 Å². The van der Waals surface area contributed by atoms with Crippen LogP contribution < -0.4 is 15.3 Å². The van der Waals surface area contributed by atoms with Crippen LogP contribution in [0.5, 0.6) is 5.75 Å². The number of carbonyl (C=O) groups excluding carboxylic acids is 2. The Balaban J connectivity index is 1.33. The van der Waals surface area contributed by atoms with E-state index >= 15 is 0 Å². The fourth-order valence-electron chi connectivity index (χ4n) is 4.63. The van der Waals surface area contributed by atoms with Crippen molar-refractivity contribution in [3.63, 3.8) is 0 Å². The number of carbonyl (C=O) groups is 2. The first-order valence-corrected chi connectivity index (χ1v) is 10.7. The Morgan fingerprint density at radius 1 is 1.12 bits per heavy atom. The predicted octanol–water partition coefficient (Wildman–Crippen LogP) is 3.39. The number of hydrogen-bond donors (Lipinski definition) is 0. The summed E-state index contributed by atoms with van der Waals surface area (Å²) < 4.78 is 16.3. The Morgan fingerprint density at radius 3 is 2.72 bits per heavy atom. The highest BCUT2D eigenvalue weighted by atomic mass is 16.5. The first kappa shape index (κ1) is 20.3. The molecule has 0 radical (unpaired) electrons. The number of anilines is 1. The van der Waals surface area contributed by atoms with Gasteiger partial charge in [-0.2, -0.15) is 0 Å². The molecule has 1 saturated heterocycles. The fraction of sp³-hybridized carbons (Fsp3) is 0.320. The van der Waals surface area contributed by atoms with E-state index in [1.165, 1.54) is 17.2 Å². The topological polar surface area (TPSA) is 86.0 Å². The quantitative estimate of drug-likeness (QED) is 0.453. The molecule has 0 saturated carbocycles. The van der Waals surface area contributed by atoms with Crippen molar-refractivity contribution in [3.8, 4) is 5.75 Å². The summed E-state index contributed by atoms with van der Waals surface area (Å²) in [5.74, 6) is -0.621. The van der Waals surface area contributed by atoms with Crippen LogP contribution in [0, 0.1) is 5.92 Å². The summed E-state index contributed by atoms with van der Waals surface area (Å²) in [5.41, 5.74) is 3.74. The van der Waals surface area contributed by atoms with E-state index in [0.717, 1.165) is 24.6 Å². The molecule has 2 aromatic carbocycles. The van der Waals surface area contributed by atoms with Crippen molar-refractivity contribution < 1.29 is 23.5 Å². The first-order chi connectivity index (χ1) is 15.5. The van der Waals surface area contributed by atoms with Crippen LogP contribution in [0.4, 0.5) is 5.69 Å². The number of benzene rings is 2. The summed E-state index contributed by atoms with van der Waals surface area (Å²) in [6, 6.07) is 12.5. The minimum Gasteiger partial charge on any atom is -0.495 e. The van der Waals surface area contributed by atoms with Gasteiger partial charge in [0.2, 0.25) is 5.91 Å². The smallest absolute Gasteiger partial charge is 0.336 e. The van der Waals surface area contributed by atoms with Crippen molar-refractivity contribution in [3.05, 3.63) is 69.6 Å². The molecule has 1 aromatic heterocycles. The lowest BCUT2D eigenvalue weighted by molar-refractivity contribution is -0.149. The molecule has 0 spiro atoms. The summed E-state index contributed by atoms with van der Waals surface area (Å²) in [6.45, 7) is 0.183. The maximum atomic E-state index is 12.8. The molecule has 3 aromatic rings. The van der Waals surface area contributed by atoms with Gasteiger partial charge in [-0.05, 0) is 54.7 Å². The van der Waals surface area contributed by atoms with Crippen LogP contribution in [-0.4, -0.2) is 25.5 Å². The van der Waals surface area contributed by atoms with Crippen LogP contribution in [0.25, 0.3) is 11.0 Å². The summed E-state index contributed by atoms with van der Waals surface area (Å²) in [5, 5.41) is 0.788. The van der Waals surface area contributed by atoms with Gasteiger partial charge in [-0.25, -0.2) is 4.79 Å². The zero-order valence-corrected chi connectivity index (χ0v) is 17.8. The highest BCUT2D eigenvalue weighted by Crippen LogP contribution is 2.33. The van der Waals surface area contributed by atoms with E-state index in [2.05, 4.69) is 0 Å². The Morgan fingerprint density at radius 2 is 1.91 bits per heavy atom. The normalized spacial score (nSPS) is 17.6. The summed E-state index contributed by atoms with van der Waals surface area (Å²) in [6.07, 6.45) is 3.12. The van der Waals surface area contributed by atoms with Gasteiger partial charge in [0.05, 0.1) is 18.7 Å². The molecule has 32 heavy (non-hydrogen) atoms. The van der Waals surface area contributed by atoms with Gasteiger partial charge >= 0.3 is 11.6 Å². The Kier molecular flexibility index (Phi) is 5.17. The Hall–Kier alpha value is -3.61. The number of hydrogen-bond acceptors (Lipinski definition) is 6. The second-order valence-electron chi connectivity index (χ2n) is 8.25. The number of amides is 1. The van der Waals surface area contributed by atoms with E-state index in [4.69, 9.17) is 13.9 Å². The largest absolute Gasteiger partial charge is 0.495 e. The van der Waals surface area contributed by atoms with Gasteiger partial charge in [0.15, 0.2) is 0 Å². The third-order valence-electron chi connectivity index (χ3n) is 6.25. The number of rotatable bonds is 5. The number of aryl methyl sites for hydroxylation is 2. The highest BCUT2D eigenvalue weighted by Gasteiger charge is 2.37. The number of nitrogens with zero attached hydrogens (tertiary/aromatic N) is 1. The van der Waals surface area contributed by atoms with Gasteiger partial charge in [-0.1, -0.05) is 12.1 Å². The molecule has 0 bridgehead atoms. The van der Waals surface area contributed by atoms with Crippen molar-refractivity contribution in [2.24, 2.45) is 5.92 Å². The molecular weight excluding hydrogens is 410 g/mol. The van der Waals surface area contributed by atoms with Gasteiger partial charge in [-0.3, -0.25) is 9.59 Å². The minimum absolute atomic E-state index is 0.0426. The zero-order valence-electron chi connectivity index (χ0n) is 17.8. The van der Waals surface area contributed by atoms with E-state index < -0.39 is 17.5 Å². The summed E-state index contributed by atoms with van der Waals surface area (Å²) >= 11 is 0.